The third kappa shape index (κ3) is 2.53. The Morgan fingerprint density at radius 3 is 2.94 bits per heavy atom. The number of benzene rings is 1. The number of nitrogens with zero attached hydrogens (tertiary/aromatic N) is 2. The Morgan fingerprint density at radius 1 is 1.50 bits per heavy atom. The van der Waals surface area contributed by atoms with E-state index >= 15 is 0 Å². The van der Waals surface area contributed by atoms with Crippen LogP contribution in [0.4, 0.5) is 4.39 Å². The van der Waals surface area contributed by atoms with E-state index in [1.807, 2.05) is 22.6 Å². The molecule has 94 valence electrons. The number of rotatable bonds is 3. The lowest BCUT2D eigenvalue weighted by atomic mass is 10.3. The van der Waals surface area contributed by atoms with Crippen molar-refractivity contribution in [2.75, 3.05) is 6.61 Å². The topological polar surface area (TPSA) is 44.1 Å². The summed E-state index contributed by atoms with van der Waals surface area (Å²) in [6, 6.07) is 5.85. The Balaban J connectivity index is 2.45. The van der Waals surface area contributed by atoms with Gasteiger partial charge in [0.05, 0.1) is 18.5 Å². The summed E-state index contributed by atoms with van der Waals surface area (Å²) < 4.78 is 20.1. The molecule has 0 unspecified atom stereocenters. The summed E-state index contributed by atoms with van der Waals surface area (Å²) >= 11 is 2.00. The van der Waals surface area contributed by atoms with Gasteiger partial charge >= 0.3 is 5.97 Å². The maximum Gasteiger partial charge on any atom is 0.357 e. The molecule has 0 spiro atoms. The van der Waals surface area contributed by atoms with E-state index in [9.17, 15) is 9.18 Å². The SMILES string of the molecule is CCOC(=O)c1ccnn1-c1ccc(F)cc1I. The molecule has 0 saturated heterocycles. The molecule has 0 fully saturated rings. The van der Waals surface area contributed by atoms with Crippen molar-refractivity contribution in [3.63, 3.8) is 0 Å². The second kappa shape index (κ2) is 5.47. The van der Waals surface area contributed by atoms with E-state index in [0.29, 0.717) is 21.6 Å². The number of esters is 1. The summed E-state index contributed by atoms with van der Waals surface area (Å²) in [5.74, 6) is -0.775. The van der Waals surface area contributed by atoms with Crippen LogP contribution in [0.3, 0.4) is 0 Å². The largest absolute Gasteiger partial charge is 0.461 e. The van der Waals surface area contributed by atoms with E-state index in [2.05, 4.69) is 5.10 Å². The van der Waals surface area contributed by atoms with E-state index in [-0.39, 0.29) is 5.82 Å². The van der Waals surface area contributed by atoms with Crippen LogP contribution in [0.1, 0.15) is 17.4 Å². The lowest BCUT2D eigenvalue weighted by Gasteiger charge is -2.08. The van der Waals surface area contributed by atoms with E-state index in [0.717, 1.165) is 0 Å². The highest BCUT2D eigenvalue weighted by Gasteiger charge is 2.16. The van der Waals surface area contributed by atoms with Crippen molar-refractivity contribution in [2.24, 2.45) is 0 Å². The third-order valence-corrected chi connectivity index (χ3v) is 3.13. The van der Waals surface area contributed by atoms with Gasteiger partial charge in [-0.3, -0.25) is 0 Å². The zero-order valence-electron chi connectivity index (χ0n) is 9.56. The molecule has 18 heavy (non-hydrogen) atoms. The van der Waals surface area contributed by atoms with E-state index < -0.39 is 5.97 Å². The molecule has 1 aromatic carbocycles. The van der Waals surface area contributed by atoms with Crippen LogP contribution in [-0.4, -0.2) is 22.4 Å². The number of aromatic nitrogens is 2. The van der Waals surface area contributed by atoms with Gasteiger partial charge in [0.15, 0.2) is 5.69 Å². The van der Waals surface area contributed by atoms with E-state index in [4.69, 9.17) is 4.74 Å². The van der Waals surface area contributed by atoms with Crippen molar-refractivity contribution in [3.05, 3.63) is 45.5 Å². The van der Waals surface area contributed by atoms with Crippen molar-refractivity contribution >= 4 is 28.6 Å². The first-order valence-corrected chi connectivity index (χ1v) is 6.38. The summed E-state index contributed by atoms with van der Waals surface area (Å²) in [5, 5.41) is 4.07. The van der Waals surface area contributed by atoms with Crippen molar-refractivity contribution < 1.29 is 13.9 Å². The van der Waals surface area contributed by atoms with Gasteiger partial charge in [0.25, 0.3) is 0 Å². The lowest BCUT2D eigenvalue weighted by Crippen LogP contribution is -2.12. The highest BCUT2D eigenvalue weighted by molar-refractivity contribution is 14.1. The average Bonchev–Trinajstić information content (AvgIpc) is 2.78. The Kier molecular flexibility index (Phi) is 3.95. The number of ether oxygens (including phenoxy) is 1. The lowest BCUT2D eigenvalue weighted by molar-refractivity contribution is 0.0515. The maximum absolute atomic E-state index is 13.0. The van der Waals surface area contributed by atoms with Crippen molar-refractivity contribution in [2.45, 2.75) is 6.92 Å². The number of hydrogen-bond donors (Lipinski definition) is 0. The Morgan fingerprint density at radius 2 is 2.28 bits per heavy atom. The smallest absolute Gasteiger partial charge is 0.357 e. The van der Waals surface area contributed by atoms with Crippen LogP contribution >= 0.6 is 22.6 Å². The molecular weight excluding hydrogens is 350 g/mol. The molecule has 6 heteroatoms. The van der Waals surface area contributed by atoms with Gasteiger partial charge in [-0.2, -0.15) is 5.10 Å². The quantitative estimate of drug-likeness (QED) is 0.625. The van der Waals surface area contributed by atoms with E-state index in [1.165, 1.54) is 23.0 Å². The first-order valence-electron chi connectivity index (χ1n) is 5.30. The second-order valence-corrected chi connectivity index (χ2v) is 4.61. The Labute approximate surface area is 117 Å². The molecular formula is C12H10FIN2O2. The van der Waals surface area contributed by atoms with Crippen molar-refractivity contribution in [3.8, 4) is 5.69 Å². The molecule has 0 amide bonds. The molecule has 0 aliphatic carbocycles. The van der Waals surface area contributed by atoms with Crippen LogP contribution in [0.5, 0.6) is 0 Å². The van der Waals surface area contributed by atoms with Gasteiger partial charge < -0.3 is 4.74 Å². The molecule has 0 radical (unpaired) electrons. The third-order valence-electron chi connectivity index (χ3n) is 2.27. The zero-order chi connectivity index (χ0) is 13.1. The summed E-state index contributed by atoms with van der Waals surface area (Å²) in [4.78, 5) is 11.7. The van der Waals surface area contributed by atoms with Gasteiger partial charge in [0, 0.05) is 3.57 Å². The van der Waals surface area contributed by atoms with Crippen molar-refractivity contribution in [1.29, 1.82) is 0 Å². The van der Waals surface area contributed by atoms with Gasteiger partial charge in [-0.05, 0) is 53.8 Å². The number of carbonyl (C=O) groups is 1. The van der Waals surface area contributed by atoms with Crippen molar-refractivity contribution in [1.82, 2.24) is 9.78 Å². The minimum Gasteiger partial charge on any atom is -0.461 e. The molecule has 0 atom stereocenters. The van der Waals surface area contributed by atoms with Crippen LogP contribution in [0.25, 0.3) is 5.69 Å². The highest BCUT2D eigenvalue weighted by Crippen LogP contribution is 2.19. The fourth-order valence-corrected chi connectivity index (χ4v) is 2.21. The minimum atomic E-state index is -0.449. The molecule has 2 aromatic rings. The van der Waals surface area contributed by atoms with E-state index in [1.54, 1.807) is 19.1 Å². The van der Waals surface area contributed by atoms with Gasteiger partial charge in [0.1, 0.15) is 5.82 Å². The molecule has 0 bridgehead atoms. The number of halogens is 2. The summed E-state index contributed by atoms with van der Waals surface area (Å²) in [6.07, 6.45) is 1.51. The van der Waals surface area contributed by atoms with Crippen LogP contribution in [0, 0.1) is 9.39 Å². The molecule has 0 saturated carbocycles. The van der Waals surface area contributed by atoms with Gasteiger partial charge in [-0.25, -0.2) is 13.9 Å². The molecule has 0 aliphatic rings. The number of carbonyl (C=O) groups excluding carboxylic acids is 1. The average molecular weight is 360 g/mol. The van der Waals surface area contributed by atoms with Gasteiger partial charge in [0.2, 0.25) is 0 Å². The molecule has 0 aliphatic heterocycles. The minimum absolute atomic E-state index is 0.296. The summed E-state index contributed by atoms with van der Waals surface area (Å²) in [5.41, 5.74) is 0.964. The highest BCUT2D eigenvalue weighted by atomic mass is 127. The van der Waals surface area contributed by atoms with Crippen LogP contribution in [-0.2, 0) is 4.74 Å². The van der Waals surface area contributed by atoms with Crippen LogP contribution in [0.15, 0.2) is 30.5 Å². The van der Waals surface area contributed by atoms with Crippen LogP contribution in [0.2, 0.25) is 0 Å². The normalized spacial score (nSPS) is 10.4. The summed E-state index contributed by atoms with van der Waals surface area (Å²) in [7, 11) is 0. The predicted molar refractivity (Wildman–Crippen MR) is 72.2 cm³/mol. The zero-order valence-corrected chi connectivity index (χ0v) is 11.7. The van der Waals surface area contributed by atoms with Gasteiger partial charge in [-0.15, -0.1) is 0 Å². The second-order valence-electron chi connectivity index (χ2n) is 3.44. The standard InChI is InChI=1S/C12H10FIN2O2/c1-2-18-12(17)11-5-6-15-16(11)10-4-3-8(13)7-9(10)14/h3-7H,2H2,1H3. The van der Waals surface area contributed by atoms with Gasteiger partial charge in [-0.1, -0.05) is 0 Å². The summed E-state index contributed by atoms with van der Waals surface area (Å²) in [6.45, 7) is 2.03. The fourth-order valence-electron chi connectivity index (χ4n) is 1.51. The maximum atomic E-state index is 13.0. The molecule has 4 nitrogen and oxygen atoms in total. The molecule has 2 rings (SSSR count). The van der Waals surface area contributed by atoms with Crippen LogP contribution < -0.4 is 0 Å². The predicted octanol–water partition coefficient (Wildman–Crippen LogP) is 2.79. The number of hydrogen-bond acceptors (Lipinski definition) is 3. The Hall–Kier alpha value is -1.44. The monoisotopic (exact) mass is 360 g/mol. The molecule has 1 heterocycles. The molecule has 0 N–H and O–H groups in total. The Bertz CT molecular complexity index is 583. The molecule has 1 aromatic heterocycles. The first kappa shape index (κ1) is 13.0. The fraction of sp³-hybridized carbons (Fsp3) is 0.167. The first-order chi connectivity index (χ1) is 8.63.